The lowest BCUT2D eigenvalue weighted by Crippen LogP contribution is -2.46. The van der Waals surface area contributed by atoms with Gasteiger partial charge in [-0.2, -0.15) is 4.31 Å². The number of H-pyrrole nitrogens is 1. The van der Waals surface area contributed by atoms with E-state index in [4.69, 9.17) is 0 Å². The molecular weight excluding hydrogens is 477 g/mol. The molecule has 10 heteroatoms. The Hall–Kier alpha value is -3.34. The molecule has 2 amide bonds. The van der Waals surface area contributed by atoms with E-state index in [1.54, 1.807) is 11.4 Å². The summed E-state index contributed by atoms with van der Waals surface area (Å²) in [7, 11) is -4.03. The molecule has 1 atom stereocenters. The lowest BCUT2D eigenvalue weighted by Gasteiger charge is -2.26. The van der Waals surface area contributed by atoms with E-state index < -0.39 is 33.7 Å². The minimum atomic E-state index is -4.03. The van der Waals surface area contributed by atoms with Gasteiger partial charge in [-0.1, -0.05) is 24.3 Å². The second-order valence-corrected chi connectivity index (χ2v) is 11.0. The molecule has 2 aromatic heterocycles. The SMILES string of the molecule is O=C1CC(N(CCc2c[nH]c3ccccc23)S(=O)(=O)c2cccs2)C(=O)N1c1ccc(F)cc1. The first-order chi connectivity index (χ1) is 16.4. The number of nitrogens with zero attached hydrogens (tertiary/aromatic N) is 2. The fourth-order valence-corrected chi connectivity index (χ4v) is 6.94. The predicted octanol–water partition coefficient (Wildman–Crippen LogP) is 3.93. The monoisotopic (exact) mass is 497 g/mol. The van der Waals surface area contributed by atoms with Gasteiger partial charge >= 0.3 is 0 Å². The van der Waals surface area contributed by atoms with E-state index in [0.717, 1.165) is 49.1 Å². The van der Waals surface area contributed by atoms with Crippen LogP contribution < -0.4 is 4.90 Å². The molecule has 0 saturated carbocycles. The molecule has 174 valence electrons. The Kier molecular flexibility index (Phi) is 5.80. The van der Waals surface area contributed by atoms with Crippen molar-refractivity contribution >= 4 is 49.8 Å². The van der Waals surface area contributed by atoms with Crippen LogP contribution in [-0.2, 0) is 26.0 Å². The van der Waals surface area contributed by atoms with Crippen molar-refractivity contribution in [3.63, 3.8) is 0 Å². The minimum absolute atomic E-state index is 0.0169. The highest BCUT2D eigenvalue weighted by atomic mass is 32.2. The highest BCUT2D eigenvalue weighted by Crippen LogP contribution is 2.31. The summed E-state index contributed by atoms with van der Waals surface area (Å²) in [6.07, 6.45) is 1.89. The molecule has 0 aliphatic carbocycles. The molecule has 1 fully saturated rings. The molecule has 7 nitrogen and oxygen atoms in total. The molecule has 34 heavy (non-hydrogen) atoms. The lowest BCUT2D eigenvalue weighted by molar-refractivity contribution is -0.122. The molecule has 2 aromatic carbocycles. The van der Waals surface area contributed by atoms with Gasteiger partial charge in [-0.15, -0.1) is 11.3 Å². The predicted molar refractivity (Wildman–Crippen MR) is 128 cm³/mol. The number of carbonyl (C=O) groups is 2. The number of hydrogen-bond donors (Lipinski definition) is 1. The summed E-state index contributed by atoms with van der Waals surface area (Å²) in [5.74, 6) is -1.67. The molecular formula is C24H20FN3O4S2. The summed E-state index contributed by atoms with van der Waals surface area (Å²) in [6.45, 7) is 0.0169. The van der Waals surface area contributed by atoms with Gasteiger partial charge in [-0.3, -0.25) is 9.59 Å². The van der Waals surface area contributed by atoms with E-state index >= 15 is 0 Å². The number of imide groups is 1. The van der Waals surface area contributed by atoms with Crippen LogP contribution in [-0.4, -0.2) is 42.1 Å². The summed E-state index contributed by atoms with van der Waals surface area (Å²) in [5, 5.41) is 2.62. The number of hydrogen-bond acceptors (Lipinski definition) is 5. The van der Waals surface area contributed by atoms with E-state index in [-0.39, 0.29) is 22.9 Å². The number of thiophene rings is 1. The summed E-state index contributed by atoms with van der Waals surface area (Å²) in [5.41, 5.74) is 2.05. The molecule has 0 spiro atoms. The number of fused-ring (bicyclic) bond motifs is 1. The number of aromatic amines is 1. The van der Waals surface area contributed by atoms with E-state index in [1.807, 2.05) is 30.5 Å². The van der Waals surface area contributed by atoms with Gasteiger partial charge in [0.2, 0.25) is 5.91 Å². The third kappa shape index (κ3) is 3.93. The summed E-state index contributed by atoms with van der Waals surface area (Å²) in [4.78, 5) is 30.2. The molecule has 0 radical (unpaired) electrons. The number of carbonyl (C=O) groups excluding carboxylic acids is 2. The van der Waals surface area contributed by atoms with Gasteiger partial charge in [-0.05, 0) is 53.8 Å². The van der Waals surface area contributed by atoms with Crippen LogP contribution >= 0.6 is 11.3 Å². The number of anilines is 1. The average Bonchev–Trinajstić information content (AvgIpc) is 3.56. The van der Waals surface area contributed by atoms with Gasteiger partial charge in [0.1, 0.15) is 16.1 Å². The molecule has 1 aliphatic rings. The lowest BCUT2D eigenvalue weighted by atomic mass is 10.1. The Morgan fingerprint density at radius 2 is 1.82 bits per heavy atom. The first-order valence-corrected chi connectivity index (χ1v) is 12.9. The standard InChI is InChI=1S/C24H20FN3O4S2/c25-17-7-9-18(10-8-17)28-22(29)14-21(24(28)30)27(34(31,32)23-6-3-13-33-23)12-11-16-15-26-20-5-2-1-4-19(16)20/h1-10,13,15,21,26H,11-12,14H2. The summed E-state index contributed by atoms with van der Waals surface area (Å²) >= 11 is 1.06. The third-order valence-electron chi connectivity index (χ3n) is 5.89. The van der Waals surface area contributed by atoms with Crippen molar-refractivity contribution in [1.82, 2.24) is 9.29 Å². The van der Waals surface area contributed by atoms with Crippen LogP contribution in [0.2, 0.25) is 0 Å². The maximum Gasteiger partial charge on any atom is 0.253 e. The summed E-state index contributed by atoms with van der Waals surface area (Å²) < 4.78 is 41.7. The van der Waals surface area contributed by atoms with Crippen molar-refractivity contribution in [1.29, 1.82) is 0 Å². The quantitative estimate of drug-likeness (QED) is 0.392. The molecule has 3 heterocycles. The van der Waals surface area contributed by atoms with E-state index in [9.17, 15) is 22.4 Å². The Balaban J connectivity index is 1.49. The van der Waals surface area contributed by atoms with Crippen molar-refractivity contribution in [3.05, 3.63) is 83.6 Å². The fourth-order valence-electron chi connectivity index (χ4n) is 4.24. The smallest absolute Gasteiger partial charge is 0.253 e. The zero-order chi connectivity index (χ0) is 23.9. The molecule has 1 saturated heterocycles. The van der Waals surface area contributed by atoms with Gasteiger partial charge in [0.05, 0.1) is 12.1 Å². The first kappa shape index (κ1) is 22.5. The zero-order valence-corrected chi connectivity index (χ0v) is 19.5. The Morgan fingerprint density at radius 1 is 1.06 bits per heavy atom. The molecule has 0 bridgehead atoms. The molecule has 1 N–H and O–H groups in total. The van der Waals surface area contributed by atoms with Crippen molar-refractivity contribution in [2.75, 3.05) is 11.4 Å². The van der Waals surface area contributed by atoms with Crippen molar-refractivity contribution in [2.45, 2.75) is 23.1 Å². The highest BCUT2D eigenvalue weighted by Gasteiger charge is 2.47. The van der Waals surface area contributed by atoms with Crippen molar-refractivity contribution in [2.24, 2.45) is 0 Å². The second kappa shape index (κ2) is 8.79. The number of sulfonamides is 1. The Labute approximate surface area is 199 Å². The molecule has 1 aliphatic heterocycles. The largest absolute Gasteiger partial charge is 0.361 e. The zero-order valence-electron chi connectivity index (χ0n) is 17.8. The van der Waals surface area contributed by atoms with Gasteiger partial charge in [0, 0.05) is 23.6 Å². The average molecular weight is 498 g/mol. The van der Waals surface area contributed by atoms with Crippen molar-refractivity contribution in [3.8, 4) is 0 Å². The number of para-hydroxylation sites is 1. The van der Waals surface area contributed by atoms with E-state index in [0.29, 0.717) is 6.42 Å². The number of aromatic nitrogens is 1. The van der Waals surface area contributed by atoms with Crippen molar-refractivity contribution < 1.29 is 22.4 Å². The van der Waals surface area contributed by atoms with Crippen LogP contribution in [0.25, 0.3) is 10.9 Å². The number of benzene rings is 2. The van der Waals surface area contributed by atoms with Gasteiger partial charge in [0.25, 0.3) is 15.9 Å². The highest BCUT2D eigenvalue weighted by molar-refractivity contribution is 7.91. The Morgan fingerprint density at radius 3 is 2.56 bits per heavy atom. The molecule has 4 aromatic rings. The number of amides is 2. The van der Waals surface area contributed by atoms with Gasteiger partial charge in [-0.25, -0.2) is 17.7 Å². The van der Waals surface area contributed by atoms with Crippen LogP contribution in [0, 0.1) is 5.82 Å². The maximum atomic E-state index is 13.5. The van der Waals surface area contributed by atoms with Gasteiger partial charge in [0.15, 0.2) is 0 Å². The van der Waals surface area contributed by atoms with Crippen LogP contribution in [0.1, 0.15) is 12.0 Å². The second-order valence-electron chi connectivity index (χ2n) is 7.92. The van der Waals surface area contributed by atoms with Crippen LogP contribution in [0.3, 0.4) is 0 Å². The number of rotatable bonds is 7. The van der Waals surface area contributed by atoms with E-state index in [1.165, 1.54) is 18.2 Å². The minimum Gasteiger partial charge on any atom is -0.361 e. The van der Waals surface area contributed by atoms with Crippen LogP contribution in [0.15, 0.2) is 76.4 Å². The normalized spacial score (nSPS) is 16.8. The fraction of sp³-hybridized carbons (Fsp3) is 0.167. The third-order valence-corrected chi connectivity index (χ3v) is 9.17. The number of nitrogens with one attached hydrogen (secondary N) is 1. The van der Waals surface area contributed by atoms with Crippen LogP contribution in [0.5, 0.6) is 0 Å². The molecule has 1 unspecified atom stereocenters. The Bertz CT molecular complexity index is 1460. The molecule has 5 rings (SSSR count). The van der Waals surface area contributed by atoms with Gasteiger partial charge < -0.3 is 4.98 Å². The number of halogens is 1. The first-order valence-electron chi connectivity index (χ1n) is 10.6. The van der Waals surface area contributed by atoms with Crippen LogP contribution in [0.4, 0.5) is 10.1 Å². The summed E-state index contributed by atoms with van der Waals surface area (Å²) in [6, 6.07) is 14.6. The van der Waals surface area contributed by atoms with E-state index in [2.05, 4.69) is 4.98 Å². The maximum absolute atomic E-state index is 13.5. The topological polar surface area (TPSA) is 90.5 Å².